The Morgan fingerprint density at radius 1 is 1.00 bits per heavy atom. The van der Waals surface area contributed by atoms with Crippen LogP contribution in [0.25, 0.3) is 11.3 Å². The molecule has 0 unspecified atom stereocenters. The van der Waals surface area contributed by atoms with E-state index in [1.54, 1.807) is 6.07 Å². The zero-order valence-electron chi connectivity index (χ0n) is 14.1. The van der Waals surface area contributed by atoms with Gasteiger partial charge in [0.25, 0.3) is 0 Å². The van der Waals surface area contributed by atoms with E-state index in [2.05, 4.69) is 10.5 Å². The van der Waals surface area contributed by atoms with Crippen LogP contribution in [0.15, 0.2) is 59.1 Å². The van der Waals surface area contributed by atoms with E-state index >= 15 is 0 Å². The molecule has 0 bridgehead atoms. The number of benzene rings is 2. The quantitative estimate of drug-likeness (QED) is 0.766. The van der Waals surface area contributed by atoms with Crippen LogP contribution in [0.2, 0.25) is 0 Å². The third-order valence-corrected chi connectivity index (χ3v) is 4.06. The molecule has 0 spiro atoms. The molecule has 0 fully saturated rings. The molecule has 0 radical (unpaired) electrons. The first-order valence-electron chi connectivity index (χ1n) is 8.44. The maximum atomic E-state index is 12.1. The molecule has 3 aromatic rings. The lowest BCUT2D eigenvalue weighted by Gasteiger charge is -2.18. The standard InChI is InChI=1S/C20H18N2O4/c23-20(21-13-14-4-2-1-3-5-14)12-16-11-18(26-22-16)15-6-7-17-19(10-15)25-9-8-24-17/h1-7,10-11H,8-9,12-13H2,(H,21,23). The van der Waals surface area contributed by atoms with Gasteiger partial charge in [-0.15, -0.1) is 0 Å². The highest BCUT2D eigenvalue weighted by Crippen LogP contribution is 2.34. The number of nitrogens with one attached hydrogen (secondary N) is 1. The molecule has 1 aliphatic heterocycles. The summed E-state index contributed by atoms with van der Waals surface area (Å²) in [5, 5.41) is 6.87. The number of rotatable bonds is 5. The Hall–Kier alpha value is -3.28. The van der Waals surface area contributed by atoms with Crippen LogP contribution in [0.1, 0.15) is 11.3 Å². The summed E-state index contributed by atoms with van der Waals surface area (Å²) in [7, 11) is 0. The summed E-state index contributed by atoms with van der Waals surface area (Å²) in [6.07, 6.45) is 0.168. The summed E-state index contributed by atoms with van der Waals surface area (Å²) in [5.74, 6) is 1.90. The van der Waals surface area contributed by atoms with Gasteiger partial charge in [-0.05, 0) is 23.8 Å². The summed E-state index contributed by atoms with van der Waals surface area (Å²) >= 11 is 0. The van der Waals surface area contributed by atoms with Gasteiger partial charge in [0.2, 0.25) is 5.91 Å². The smallest absolute Gasteiger partial charge is 0.226 e. The molecule has 0 saturated heterocycles. The Labute approximate surface area is 150 Å². The average Bonchev–Trinajstić information content (AvgIpc) is 3.15. The van der Waals surface area contributed by atoms with Gasteiger partial charge in [0.05, 0.1) is 12.1 Å². The first kappa shape index (κ1) is 16.2. The van der Waals surface area contributed by atoms with Gasteiger partial charge >= 0.3 is 0 Å². The van der Waals surface area contributed by atoms with Crippen LogP contribution >= 0.6 is 0 Å². The zero-order valence-corrected chi connectivity index (χ0v) is 14.1. The minimum absolute atomic E-state index is 0.101. The molecule has 0 saturated carbocycles. The van der Waals surface area contributed by atoms with E-state index in [-0.39, 0.29) is 12.3 Å². The van der Waals surface area contributed by atoms with Crippen molar-refractivity contribution in [3.05, 3.63) is 65.9 Å². The lowest BCUT2D eigenvalue weighted by molar-refractivity contribution is -0.120. The second kappa shape index (κ2) is 7.31. The second-order valence-electron chi connectivity index (χ2n) is 5.98. The van der Waals surface area contributed by atoms with Crippen molar-refractivity contribution >= 4 is 5.91 Å². The topological polar surface area (TPSA) is 73.6 Å². The predicted molar refractivity (Wildman–Crippen MR) is 94.9 cm³/mol. The first-order valence-corrected chi connectivity index (χ1v) is 8.44. The molecule has 0 aliphatic carbocycles. The minimum atomic E-state index is -0.101. The van der Waals surface area contributed by atoms with E-state index < -0.39 is 0 Å². The monoisotopic (exact) mass is 350 g/mol. The Kier molecular flexibility index (Phi) is 4.55. The van der Waals surface area contributed by atoms with Crippen molar-refractivity contribution in [1.82, 2.24) is 10.5 Å². The van der Waals surface area contributed by atoms with E-state index in [1.807, 2.05) is 48.5 Å². The number of carbonyl (C=O) groups excluding carboxylic acids is 1. The van der Waals surface area contributed by atoms with Gasteiger partial charge in [0, 0.05) is 18.2 Å². The number of carbonyl (C=O) groups is 1. The van der Waals surface area contributed by atoms with Gasteiger partial charge in [-0.3, -0.25) is 4.79 Å². The van der Waals surface area contributed by atoms with Crippen molar-refractivity contribution < 1.29 is 18.8 Å². The Morgan fingerprint density at radius 2 is 1.81 bits per heavy atom. The third kappa shape index (κ3) is 3.69. The number of ether oxygens (including phenoxy) is 2. The lowest BCUT2D eigenvalue weighted by Crippen LogP contribution is -2.24. The molecule has 26 heavy (non-hydrogen) atoms. The average molecular weight is 350 g/mol. The molecular formula is C20H18N2O4. The van der Waals surface area contributed by atoms with Crippen molar-refractivity contribution in [1.29, 1.82) is 0 Å². The predicted octanol–water partition coefficient (Wildman–Crippen LogP) is 2.97. The van der Waals surface area contributed by atoms with Crippen LogP contribution in [-0.4, -0.2) is 24.3 Å². The van der Waals surface area contributed by atoms with Crippen LogP contribution in [0.3, 0.4) is 0 Å². The number of aromatic nitrogens is 1. The van der Waals surface area contributed by atoms with Gasteiger partial charge in [0.1, 0.15) is 13.2 Å². The van der Waals surface area contributed by atoms with Gasteiger partial charge in [0.15, 0.2) is 17.3 Å². The van der Waals surface area contributed by atoms with E-state index in [0.717, 1.165) is 16.9 Å². The van der Waals surface area contributed by atoms with Crippen LogP contribution in [0, 0.1) is 0 Å². The Morgan fingerprint density at radius 3 is 2.65 bits per heavy atom. The van der Waals surface area contributed by atoms with E-state index in [4.69, 9.17) is 14.0 Å². The van der Waals surface area contributed by atoms with Crippen LogP contribution in [0.4, 0.5) is 0 Å². The van der Waals surface area contributed by atoms with Crippen LogP contribution in [-0.2, 0) is 17.8 Å². The van der Waals surface area contributed by atoms with Gasteiger partial charge in [-0.1, -0.05) is 35.5 Å². The van der Waals surface area contributed by atoms with Crippen molar-refractivity contribution in [2.24, 2.45) is 0 Å². The van der Waals surface area contributed by atoms with Crippen LogP contribution in [0.5, 0.6) is 11.5 Å². The maximum Gasteiger partial charge on any atom is 0.226 e. The van der Waals surface area contributed by atoms with Crippen molar-refractivity contribution in [3.63, 3.8) is 0 Å². The molecular weight excluding hydrogens is 332 g/mol. The molecule has 1 N–H and O–H groups in total. The molecule has 132 valence electrons. The Bertz CT molecular complexity index is 905. The fourth-order valence-electron chi connectivity index (χ4n) is 2.75. The maximum absolute atomic E-state index is 12.1. The van der Waals surface area contributed by atoms with Gasteiger partial charge < -0.3 is 19.3 Å². The van der Waals surface area contributed by atoms with Crippen molar-refractivity contribution in [2.45, 2.75) is 13.0 Å². The molecule has 2 heterocycles. The highest BCUT2D eigenvalue weighted by Gasteiger charge is 2.15. The fourth-order valence-corrected chi connectivity index (χ4v) is 2.75. The lowest BCUT2D eigenvalue weighted by atomic mass is 10.1. The van der Waals surface area contributed by atoms with E-state index in [1.165, 1.54) is 0 Å². The minimum Gasteiger partial charge on any atom is -0.486 e. The number of hydrogen-bond donors (Lipinski definition) is 1. The summed E-state index contributed by atoms with van der Waals surface area (Å²) in [5.41, 5.74) is 2.47. The fraction of sp³-hybridized carbons (Fsp3) is 0.200. The van der Waals surface area contributed by atoms with Crippen LogP contribution < -0.4 is 14.8 Å². The molecule has 6 heteroatoms. The molecule has 2 aromatic carbocycles. The third-order valence-electron chi connectivity index (χ3n) is 4.06. The molecule has 0 atom stereocenters. The molecule has 1 aromatic heterocycles. The van der Waals surface area contributed by atoms with Gasteiger partial charge in [-0.2, -0.15) is 0 Å². The second-order valence-corrected chi connectivity index (χ2v) is 5.98. The first-order chi connectivity index (χ1) is 12.8. The van der Waals surface area contributed by atoms with E-state index in [9.17, 15) is 4.79 Å². The normalized spacial score (nSPS) is 12.6. The van der Waals surface area contributed by atoms with E-state index in [0.29, 0.717) is 37.0 Å². The summed E-state index contributed by atoms with van der Waals surface area (Å²) in [6.45, 7) is 1.57. The molecule has 1 aliphatic rings. The zero-order chi connectivity index (χ0) is 17.8. The molecule has 6 nitrogen and oxygen atoms in total. The number of nitrogens with zero attached hydrogens (tertiary/aromatic N) is 1. The van der Waals surface area contributed by atoms with Crippen molar-refractivity contribution in [2.75, 3.05) is 13.2 Å². The largest absolute Gasteiger partial charge is 0.486 e. The number of amides is 1. The number of fused-ring (bicyclic) bond motifs is 1. The summed E-state index contributed by atoms with van der Waals surface area (Å²) in [6, 6.07) is 17.1. The summed E-state index contributed by atoms with van der Waals surface area (Å²) < 4.78 is 16.5. The SMILES string of the molecule is O=C(Cc1cc(-c2ccc3c(c2)OCCO3)on1)NCc1ccccc1. The highest BCUT2D eigenvalue weighted by atomic mass is 16.6. The number of hydrogen-bond acceptors (Lipinski definition) is 5. The molecule has 4 rings (SSSR count). The highest BCUT2D eigenvalue weighted by molar-refractivity contribution is 5.78. The van der Waals surface area contributed by atoms with Crippen molar-refractivity contribution in [3.8, 4) is 22.8 Å². The molecule has 1 amide bonds. The Balaban J connectivity index is 1.39. The van der Waals surface area contributed by atoms with Gasteiger partial charge in [-0.25, -0.2) is 0 Å². The summed E-state index contributed by atoms with van der Waals surface area (Å²) in [4.78, 5) is 12.1.